The number of thiazole rings is 1. The second-order valence-corrected chi connectivity index (χ2v) is 7.48. The molecule has 0 radical (unpaired) electrons. The molecule has 0 unspecified atom stereocenters. The number of carbonyl (C=O) groups is 1. The number of amides is 1. The summed E-state index contributed by atoms with van der Waals surface area (Å²) in [5.41, 5.74) is 5.78. The molecule has 2 rings (SSSR count). The molecule has 3 N–H and O–H groups in total. The molecule has 0 aliphatic carbocycles. The molecule has 8 heteroatoms. The van der Waals surface area contributed by atoms with Crippen molar-refractivity contribution in [1.29, 1.82) is 0 Å². The fourth-order valence-corrected chi connectivity index (χ4v) is 3.95. The third-order valence-corrected chi connectivity index (χ3v) is 5.44. The van der Waals surface area contributed by atoms with Crippen molar-refractivity contribution >= 4 is 27.1 Å². The van der Waals surface area contributed by atoms with Gasteiger partial charge in [0.15, 0.2) is 0 Å². The molecule has 0 saturated carbocycles. The van der Waals surface area contributed by atoms with Crippen LogP contribution in [0.1, 0.15) is 28.3 Å². The number of carbonyl (C=O) groups excluding carboxylic acids is 1. The maximum absolute atomic E-state index is 11.8. The van der Waals surface area contributed by atoms with Crippen molar-refractivity contribution < 1.29 is 13.2 Å². The number of sulfone groups is 1. The minimum Gasteiger partial charge on any atom is -0.348 e. The molecule has 0 aromatic carbocycles. The summed E-state index contributed by atoms with van der Waals surface area (Å²) in [5, 5.41) is 5.19. The molecule has 0 bridgehead atoms. The van der Waals surface area contributed by atoms with Crippen LogP contribution in [0.5, 0.6) is 0 Å². The van der Waals surface area contributed by atoms with Crippen molar-refractivity contribution in [2.75, 3.05) is 11.5 Å². The third-order valence-electron chi connectivity index (χ3n) is 2.85. The Hall–Kier alpha value is -0.990. The number of nitrogens with zero attached hydrogens (tertiary/aromatic N) is 1. The Morgan fingerprint density at radius 3 is 2.72 bits per heavy atom. The molecule has 18 heavy (non-hydrogen) atoms. The molecule has 1 aromatic heterocycles. The maximum Gasteiger partial charge on any atom is 0.270 e. The SMILES string of the molecule is NCc1nc(C(=O)NC2CCS(=O)(=O)CC2)cs1. The van der Waals surface area contributed by atoms with Crippen molar-refractivity contribution in [3.63, 3.8) is 0 Å². The largest absolute Gasteiger partial charge is 0.348 e. The average Bonchev–Trinajstić information content (AvgIpc) is 2.80. The lowest BCUT2D eigenvalue weighted by molar-refractivity contribution is 0.0929. The summed E-state index contributed by atoms with van der Waals surface area (Å²) >= 11 is 1.35. The van der Waals surface area contributed by atoms with Crippen molar-refractivity contribution in [3.05, 3.63) is 16.1 Å². The summed E-state index contributed by atoms with van der Waals surface area (Å²) in [5.74, 6) is 0.0295. The summed E-state index contributed by atoms with van der Waals surface area (Å²) in [6.45, 7) is 0.319. The Balaban J connectivity index is 1.92. The molecule has 1 aliphatic rings. The minimum atomic E-state index is -2.90. The zero-order chi connectivity index (χ0) is 13.2. The summed E-state index contributed by atoms with van der Waals surface area (Å²) in [6, 6.07) is -0.0796. The van der Waals surface area contributed by atoms with Gasteiger partial charge in [0.2, 0.25) is 0 Å². The smallest absolute Gasteiger partial charge is 0.270 e. The molecule has 1 aromatic rings. The second kappa shape index (κ2) is 5.33. The van der Waals surface area contributed by atoms with Crippen LogP contribution in [-0.4, -0.2) is 36.9 Å². The van der Waals surface area contributed by atoms with Crippen LogP contribution in [0.15, 0.2) is 5.38 Å². The third kappa shape index (κ3) is 3.27. The Kier molecular flexibility index (Phi) is 3.98. The first-order valence-corrected chi connectivity index (χ1v) is 8.36. The summed E-state index contributed by atoms with van der Waals surface area (Å²) < 4.78 is 22.5. The van der Waals surface area contributed by atoms with E-state index in [2.05, 4.69) is 10.3 Å². The lowest BCUT2D eigenvalue weighted by Gasteiger charge is -2.22. The van der Waals surface area contributed by atoms with Crippen LogP contribution in [-0.2, 0) is 16.4 Å². The Bertz CT molecular complexity index is 524. The predicted octanol–water partition coefficient (Wildman–Crippen LogP) is -0.0912. The molecule has 1 amide bonds. The highest BCUT2D eigenvalue weighted by molar-refractivity contribution is 7.91. The zero-order valence-corrected chi connectivity index (χ0v) is 11.4. The monoisotopic (exact) mass is 289 g/mol. The van der Waals surface area contributed by atoms with Crippen LogP contribution in [0.4, 0.5) is 0 Å². The van der Waals surface area contributed by atoms with E-state index in [0.29, 0.717) is 30.1 Å². The Morgan fingerprint density at radius 1 is 1.50 bits per heavy atom. The van der Waals surface area contributed by atoms with E-state index in [1.165, 1.54) is 11.3 Å². The van der Waals surface area contributed by atoms with E-state index in [1.54, 1.807) is 5.38 Å². The summed E-state index contributed by atoms with van der Waals surface area (Å²) in [6.07, 6.45) is 0.948. The van der Waals surface area contributed by atoms with E-state index in [4.69, 9.17) is 5.73 Å². The van der Waals surface area contributed by atoms with E-state index in [9.17, 15) is 13.2 Å². The highest BCUT2D eigenvalue weighted by Gasteiger charge is 2.25. The van der Waals surface area contributed by atoms with Crippen molar-refractivity contribution in [1.82, 2.24) is 10.3 Å². The number of hydrogen-bond donors (Lipinski definition) is 2. The topological polar surface area (TPSA) is 102 Å². The van der Waals surface area contributed by atoms with Gasteiger partial charge in [-0.25, -0.2) is 13.4 Å². The highest BCUT2D eigenvalue weighted by atomic mass is 32.2. The summed E-state index contributed by atoms with van der Waals surface area (Å²) in [4.78, 5) is 15.9. The first-order valence-electron chi connectivity index (χ1n) is 5.66. The van der Waals surface area contributed by atoms with Crippen LogP contribution < -0.4 is 11.1 Å². The van der Waals surface area contributed by atoms with E-state index in [-0.39, 0.29) is 23.5 Å². The lowest BCUT2D eigenvalue weighted by atomic mass is 10.1. The van der Waals surface area contributed by atoms with Crippen LogP contribution in [0.3, 0.4) is 0 Å². The molecule has 100 valence electrons. The average molecular weight is 289 g/mol. The standard InChI is InChI=1S/C10H15N3O3S2/c11-5-9-13-8(6-17-9)10(14)12-7-1-3-18(15,16)4-2-7/h6-7H,1-5,11H2,(H,12,14). The van der Waals surface area contributed by atoms with Crippen LogP contribution in [0, 0.1) is 0 Å². The van der Waals surface area contributed by atoms with Crippen molar-refractivity contribution in [3.8, 4) is 0 Å². The van der Waals surface area contributed by atoms with Gasteiger partial charge in [0.25, 0.3) is 5.91 Å². The van der Waals surface area contributed by atoms with E-state index in [1.807, 2.05) is 0 Å². The predicted molar refractivity (Wildman–Crippen MR) is 69.1 cm³/mol. The maximum atomic E-state index is 11.8. The van der Waals surface area contributed by atoms with Gasteiger partial charge in [-0.1, -0.05) is 0 Å². The number of aromatic nitrogens is 1. The molecular weight excluding hydrogens is 274 g/mol. The highest BCUT2D eigenvalue weighted by Crippen LogP contribution is 2.14. The first kappa shape index (κ1) is 13.4. The number of rotatable bonds is 3. The van der Waals surface area contributed by atoms with Gasteiger partial charge in [-0.3, -0.25) is 4.79 Å². The first-order chi connectivity index (χ1) is 8.50. The fourth-order valence-electron chi connectivity index (χ4n) is 1.80. The van der Waals surface area contributed by atoms with Gasteiger partial charge in [0, 0.05) is 18.0 Å². The second-order valence-electron chi connectivity index (χ2n) is 4.23. The van der Waals surface area contributed by atoms with Crippen LogP contribution in [0.25, 0.3) is 0 Å². The van der Waals surface area contributed by atoms with Crippen molar-refractivity contribution in [2.45, 2.75) is 25.4 Å². The number of hydrogen-bond acceptors (Lipinski definition) is 6. The molecule has 2 heterocycles. The fraction of sp³-hybridized carbons (Fsp3) is 0.600. The van der Waals surface area contributed by atoms with Gasteiger partial charge < -0.3 is 11.1 Å². The quantitative estimate of drug-likeness (QED) is 0.809. The molecular formula is C10H15N3O3S2. The Labute approximate surface area is 110 Å². The molecule has 1 fully saturated rings. The van der Waals surface area contributed by atoms with Gasteiger partial charge >= 0.3 is 0 Å². The van der Waals surface area contributed by atoms with Gasteiger partial charge in [0.1, 0.15) is 20.5 Å². The van der Waals surface area contributed by atoms with Crippen LogP contribution in [0.2, 0.25) is 0 Å². The number of nitrogens with two attached hydrogens (primary N) is 1. The normalized spacial score (nSPS) is 19.6. The summed E-state index contributed by atoms with van der Waals surface area (Å²) in [7, 11) is -2.90. The molecule has 1 aliphatic heterocycles. The van der Waals surface area contributed by atoms with Gasteiger partial charge in [-0.05, 0) is 12.8 Å². The molecule has 1 saturated heterocycles. The Morgan fingerprint density at radius 2 is 2.17 bits per heavy atom. The van der Waals surface area contributed by atoms with E-state index >= 15 is 0 Å². The van der Waals surface area contributed by atoms with Gasteiger partial charge in [0.05, 0.1) is 11.5 Å². The van der Waals surface area contributed by atoms with E-state index in [0.717, 1.165) is 0 Å². The number of nitrogens with one attached hydrogen (secondary N) is 1. The molecule has 6 nitrogen and oxygen atoms in total. The molecule has 0 atom stereocenters. The zero-order valence-electron chi connectivity index (χ0n) is 9.76. The van der Waals surface area contributed by atoms with Crippen LogP contribution >= 0.6 is 11.3 Å². The van der Waals surface area contributed by atoms with E-state index < -0.39 is 9.84 Å². The van der Waals surface area contributed by atoms with Gasteiger partial charge in [-0.15, -0.1) is 11.3 Å². The van der Waals surface area contributed by atoms with Crippen molar-refractivity contribution in [2.24, 2.45) is 5.73 Å². The van der Waals surface area contributed by atoms with Gasteiger partial charge in [-0.2, -0.15) is 0 Å². The minimum absolute atomic E-state index is 0.0796. The molecule has 0 spiro atoms. The lowest BCUT2D eigenvalue weighted by Crippen LogP contribution is -2.40.